The molecule has 0 radical (unpaired) electrons. The van der Waals surface area contributed by atoms with Gasteiger partial charge in [-0.05, 0) is 37.4 Å². The number of carbonyl (C=O) groups is 1. The van der Waals surface area contributed by atoms with Gasteiger partial charge in [-0.1, -0.05) is 27.2 Å². The van der Waals surface area contributed by atoms with Crippen molar-refractivity contribution in [2.24, 2.45) is 5.41 Å². The molecule has 2 aliphatic carbocycles. The van der Waals surface area contributed by atoms with Gasteiger partial charge in [-0.3, -0.25) is 4.79 Å². The molecule has 0 aliphatic heterocycles. The average Bonchev–Trinajstić information content (AvgIpc) is 2.74. The van der Waals surface area contributed by atoms with Gasteiger partial charge in [-0.15, -0.1) is 0 Å². The second-order valence-electron chi connectivity index (χ2n) is 7.84. The molecule has 0 bridgehead atoms. The maximum atomic E-state index is 11.7. The van der Waals surface area contributed by atoms with E-state index < -0.39 is 8.32 Å². The van der Waals surface area contributed by atoms with E-state index >= 15 is 0 Å². The van der Waals surface area contributed by atoms with Crippen molar-refractivity contribution in [3.8, 4) is 0 Å². The Morgan fingerprint density at radius 1 is 1.28 bits per heavy atom. The molecule has 0 aromatic heterocycles. The summed E-state index contributed by atoms with van der Waals surface area (Å²) in [5.74, 6) is 0.459. The number of Topliss-reactive ketones (excluding diaryl/α,β-unsaturated/α-hetero) is 1. The second-order valence-corrected chi connectivity index (χ2v) is 12.6. The monoisotopic (exact) mass is 268 g/mol. The Morgan fingerprint density at radius 3 is 2.44 bits per heavy atom. The van der Waals surface area contributed by atoms with Gasteiger partial charge < -0.3 is 4.43 Å². The van der Waals surface area contributed by atoms with E-state index in [1.165, 1.54) is 19.3 Å². The van der Waals surface area contributed by atoms with Crippen LogP contribution in [0.5, 0.6) is 0 Å². The van der Waals surface area contributed by atoms with Gasteiger partial charge in [-0.2, -0.15) is 0 Å². The molecule has 18 heavy (non-hydrogen) atoms. The van der Waals surface area contributed by atoms with E-state index in [1.807, 2.05) is 0 Å². The zero-order valence-electron chi connectivity index (χ0n) is 12.6. The minimum Gasteiger partial charge on any atom is -0.413 e. The minimum atomic E-state index is -1.70. The van der Waals surface area contributed by atoms with E-state index in [9.17, 15) is 4.79 Å². The maximum absolute atomic E-state index is 11.7. The van der Waals surface area contributed by atoms with E-state index in [0.717, 1.165) is 19.3 Å². The largest absolute Gasteiger partial charge is 0.413 e. The van der Waals surface area contributed by atoms with Crippen LogP contribution in [0, 0.1) is 5.41 Å². The first-order chi connectivity index (χ1) is 8.16. The van der Waals surface area contributed by atoms with Crippen LogP contribution in [0.25, 0.3) is 0 Å². The van der Waals surface area contributed by atoms with Crippen LogP contribution in [0.4, 0.5) is 0 Å². The second kappa shape index (κ2) is 4.45. The lowest BCUT2D eigenvalue weighted by Gasteiger charge is -2.42. The molecule has 0 aromatic rings. The van der Waals surface area contributed by atoms with E-state index in [-0.39, 0.29) is 10.5 Å². The van der Waals surface area contributed by atoms with E-state index in [2.05, 4.69) is 33.9 Å². The maximum Gasteiger partial charge on any atom is 0.192 e. The molecule has 0 aromatic carbocycles. The molecule has 2 saturated carbocycles. The van der Waals surface area contributed by atoms with Gasteiger partial charge >= 0.3 is 0 Å². The van der Waals surface area contributed by atoms with Crippen LogP contribution >= 0.6 is 0 Å². The van der Waals surface area contributed by atoms with Crippen LogP contribution in [0.1, 0.15) is 59.3 Å². The van der Waals surface area contributed by atoms with Crippen molar-refractivity contribution in [2.45, 2.75) is 83.5 Å². The number of hydrogen-bond donors (Lipinski definition) is 0. The lowest BCUT2D eigenvalue weighted by molar-refractivity contribution is -0.118. The summed E-state index contributed by atoms with van der Waals surface area (Å²) < 4.78 is 6.64. The first-order valence-electron chi connectivity index (χ1n) is 7.36. The molecule has 1 spiro atoms. The summed E-state index contributed by atoms with van der Waals surface area (Å²) in [6, 6.07) is 0. The number of carbonyl (C=O) groups excluding carboxylic acids is 1. The fraction of sp³-hybridized carbons (Fsp3) is 0.933. The van der Waals surface area contributed by atoms with E-state index in [0.29, 0.717) is 11.9 Å². The van der Waals surface area contributed by atoms with Gasteiger partial charge in [0.2, 0.25) is 0 Å². The Morgan fingerprint density at radius 2 is 1.94 bits per heavy atom. The van der Waals surface area contributed by atoms with Gasteiger partial charge in [0, 0.05) is 18.3 Å². The van der Waals surface area contributed by atoms with Gasteiger partial charge in [0.1, 0.15) is 5.78 Å². The lowest BCUT2D eigenvalue weighted by Crippen LogP contribution is -2.47. The van der Waals surface area contributed by atoms with Crippen LogP contribution in [0.3, 0.4) is 0 Å². The standard InChI is InChI=1S/C15H28O2Si/c1-14(2,3)18(4,5)17-13-7-6-9-15(13)10-8-12(16)11-15/h13H,6-11H2,1-5H3/t13-,15-/m0/s1. The molecule has 0 unspecified atom stereocenters. The Balaban J connectivity index is 2.12. The summed E-state index contributed by atoms with van der Waals surface area (Å²) in [7, 11) is -1.70. The fourth-order valence-corrected chi connectivity index (χ4v) is 4.70. The molecule has 2 atom stereocenters. The van der Waals surface area contributed by atoms with Gasteiger partial charge in [0.15, 0.2) is 8.32 Å². The first kappa shape index (κ1) is 14.3. The highest BCUT2D eigenvalue weighted by Gasteiger charge is 2.51. The smallest absolute Gasteiger partial charge is 0.192 e. The third kappa shape index (κ3) is 2.44. The van der Waals surface area contributed by atoms with Gasteiger partial charge in [0.05, 0.1) is 6.10 Å². The van der Waals surface area contributed by atoms with Crippen molar-refractivity contribution in [1.29, 1.82) is 0 Å². The lowest BCUT2D eigenvalue weighted by atomic mass is 9.82. The van der Waals surface area contributed by atoms with Crippen LogP contribution in [0.2, 0.25) is 18.1 Å². The molecule has 2 nitrogen and oxygen atoms in total. The molecule has 2 aliphatic rings. The van der Waals surface area contributed by atoms with E-state index in [4.69, 9.17) is 4.43 Å². The number of hydrogen-bond acceptors (Lipinski definition) is 2. The highest BCUT2D eigenvalue weighted by Crippen LogP contribution is 2.52. The minimum absolute atomic E-state index is 0.215. The van der Waals surface area contributed by atoms with Crippen LogP contribution < -0.4 is 0 Å². The summed E-state index contributed by atoms with van der Waals surface area (Å²) in [4.78, 5) is 11.7. The SMILES string of the molecule is CC(C)(C)[Si](C)(C)O[C@H]1CCC[C@@]12CCC(=O)C2. The summed E-state index contributed by atoms with van der Waals surface area (Å²) in [6.07, 6.45) is 6.61. The summed E-state index contributed by atoms with van der Waals surface area (Å²) in [5, 5.41) is 0.263. The molecule has 0 heterocycles. The fourth-order valence-electron chi connectivity index (χ4n) is 3.27. The predicted octanol–water partition coefficient (Wildman–Crippen LogP) is 4.30. The molecule has 3 heteroatoms. The van der Waals surface area contributed by atoms with Crippen molar-refractivity contribution in [2.75, 3.05) is 0 Å². The van der Waals surface area contributed by atoms with Gasteiger partial charge in [-0.25, -0.2) is 0 Å². The van der Waals surface area contributed by atoms with Crippen LogP contribution in [-0.2, 0) is 9.22 Å². The molecule has 2 rings (SSSR count). The quantitative estimate of drug-likeness (QED) is 0.698. The molecule has 104 valence electrons. The average molecular weight is 268 g/mol. The Kier molecular flexibility index (Phi) is 3.52. The molecule has 0 saturated heterocycles. The van der Waals surface area contributed by atoms with Crippen molar-refractivity contribution in [3.05, 3.63) is 0 Å². The van der Waals surface area contributed by atoms with E-state index in [1.54, 1.807) is 0 Å². The van der Waals surface area contributed by atoms with Crippen molar-refractivity contribution in [3.63, 3.8) is 0 Å². The van der Waals surface area contributed by atoms with Crippen molar-refractivity contribution < 1.29 is 9.22 Å². The van der Waals surface area contributed by atoms with Crippen LogP contribution in [-0.4, -0.2) is 20.2 Å². The molecular weight excluding hydrogens is 240 g/mol. The Bertz CT molecular complexity index is 343. The molecule has 0 N–H and O–H groups in total. The summed E-state index contributed by atoms with van der Waals surface area (Å²) >= 11 is 0. The zero-order chi connectivity index (χ0) is 13.6. The molecule has 2 fully saturated rings. The highest BCUT2D eigenvalue weighted by atomic mass is 28.4. The Labute approximate surface area is 113 Å². The normalized spacial score (nSPS) is 33.6. The third-order valence-corrected chi connectivity index (χ3v) is 10.0. The topological polar surface area (TPSA) is 26.3 Å². The Hall–Kier alpha value is -0.153. The number of rotatable bonds is 2. The molecular formula is C15H28O2Si. The predicted molar refractivity (Wildman–Crippen MR) is 77.2 cm³/mol. The highest BCUT2D eigenvalue weighted by molar-refractivity contribution is 6.74. The van der Waals surface area contributed by atoms with Crippen molar-refractivity contribution in [1.82, 2.24) is 0 Å². The zero-order valence-corrected chi connectivity index (χ0v) is 13.6. The first-order valence-corrected chi connectivity index (χ1v) is 10.3. The van der Waals surface area contributed by atoms with Crippen LogP contribution in [0.15, 0.2) is 0 Å². The van der Waals surface area contributed by atoms with Crippen molar-refractivity contribution >= 4 is 14.1 Å². The summed E-state index contributed by atoms with van der Waals surface area (Å²) in [5.41, 5.74) is 0.215. The summed E-state index contributed by atoms with van der Waals surface area (Å²) in [6.45, 7) is 11.5. The third-order valence-electron chi connectivity index (χ3n) is 5.52. The van der Waals surface area contributed by atoms with Gasteiger partial charge in [0.25, 0.3) is 0 Å². The molecule has 0 amide bonds. The number of ketones is 1.